The predicted molar refractivity (Wildman–Crippen MR) is 58.7 cm³/mol. The second-order valence-corrected chi connectivity index (χ2v) is 3.46. The van der Waals surface area contributed by atoms with Crippen LogP contribution in [0.25, 0.3) is 10.8 Å². The minimum Gasteiger partial charge on any atom is -0.423 e. The third kappa shape index (κ3) is 1.79. The summed E-state index contributed by atoms with van der Waals surface area (Å²) in [5, 5.41) is 19.0. The molecule has 0 aliphatic carbocycles. The highest BCUT2D eigenvalue weighted by Crippen LogP contribution is 2.26. The lowest BCUT2D eigenvalue weighted by atomic mass is 9.76. The number of hydrogen-bond donors (Lipinski definition) is 2. The molecule has 0 amide bonds. The van der Waals surface area contributed by atoms with Crippen LogP contribution < -0.4 is 5.46 Å². The molecule has 0 spiro atoms. The molecule has 16 heavy (non-hydrogen) atoms. The summed E-state index contributed by atoms with van der Waals surface area (Å²) in [7, 11) is -1.66. The van der Waals surface area contributed by atoms with E-state index < -0.39 is 13.5 Å². The van der Waals surface area contributed by atoms with Crippen molar-refractivity contribution in [1.29, 1.82) is 0 Å². The van der Waals surface area contributed by atoms with Gasteiger partial charge >= 0.3 is 7.12 Å². The second kappa shape index (κ2) is 4.19. The molecule has 0 aliphatic heterocycles. The van der Waals surface area contributed by atoms with E-state index in [1.807, 2.05) is 0 Å². The number of halogens is 2. The quantitative estimate of drug-likeness (QED) is 0.755. The maximum absolute atomic E-state index is 12.7. The van der Waals surface area contributed by atoms with Crippen molar-refractivity contribution < 1.29 is 18.8 Å². The third-order valence-electron chi connectivity index (χ3n) is 2.50. The lowest BCUT2D eigenvalue weighted by molar-refractivity contribution is 0.153. The summed E-state index contributed by atoms with van der Waals surface area (Å²) in [5.74, 6) is 0. The van der Waals surface area contributed by atoms with Gasteiger partial charge in [0.1, 0.15) is 0 Å². The molecule has 0 heterocycles. The van der Waals surface area contributed by atoms with Gasteiger partial charge in [-0.25, -0.2) is 8.78 Å². The Morgan fingerprint density at radius 3 is 2.12 bits per heavy atom. The van der Waals surface area contributed by atoms with Crippen molar-refractivity contribution in [3.63, 3.8) is 0 Å². The molecule has 2 N–H and O–H groups in total. The molecule has 0 unspecified atom stereocenters. The predicted octanol–water partition coefficient (Wildman–Crippen LogP) is 1.46. The number of benzene rings is 2. The van der Waals surface area contributed by atoms with E-state index >= 15 is 0 Å². The first-order valence-corrected chi connectivity index (χ1v) is 4.77. The Morgan fingerprint density at radius 2 is 1.56 bits per heavy atom. The minimum absolute atomic E-state index is 0.0972. The Hall–Kier alpha value is -1.46. The first kappa shape index (κ1) is 11.0. The van der Waals surface area contributed by atoms with Gasteiger partial charge in [-0.3, -0.25) is 0 Å². The third-order valence-corrected chi connectivity index (χ3v) is 2.50. The zero-order valence-electron chi connectivity index (χ0n) is 8.27. The van der Waals surface area contributed by atoms with Crippen LogP contribution in [-0.2, 0) is 0 Å². The fraction of sp³-hybridized carbons (Fsp3) is 0.0909. The summed E-state index contributed by atoms with van der Waals surface area (Å²) in [6.07, 6.45) is -2.57. The second-order valence-electron chi connectivity index (χ2n) is 3.46. The highest BCUT2D eigenvalue weighted by molar-refractivity contribution is 6.62. The van der Waals surface area contributed by atoms with Crippen LogP contribution in [0.5, 0.6) is 0 Å². The smallest absolute Gasteiger partial charge is 0.423 e. The van der Waals surface area contributed by atoms with Crippen molar-refractivity contribution >= 4 is 23.4 Å². The standard InChI is InChI=1S/C11H9BF2O2/c13-11(14)9-5-6-10(12(15)16)8-4-2-1-3-7(8)9/h1-6,11,15-16H. The van der Waals surface area contributed by atoms with Gasteiger partial charge in [0.15, 0.2) is 0 Å². The molecule has 0 fully saturated rings. The highest BCUT2D eigenvalue weighted by atomic mass is 19.3. The topological polar surface area (TPSA) is 40.5 Å². The molecule has 2 aromatic carbocycles. The molecular weight excluding hydrogens is 213 g/mol. The van der Waals surface area contributed by atoms with Gasteiger partial charge in [0.25, 0.3) is 6.43 Å². The van der Waals surface area contributed by atoms with E-state index in [4.69, 9.17) is 10.0 Å². The first-order valence-electron chi connectivity index (χ1n) is 4.77. The van der Waals surface area contributed by atoms with Crippen LogP contribution in [0.3, 0.4) is 0 Å². The first-order chi connectivity index (χ1) is 7.61. The van der Waals surface area contributed by atoms with Crippen LogP contribution in [0, 0.1) is 0 Å². The lowest BCUT2D eigenvalue weighted by Gasteiger charge is -2.09. The summed E-state index contributed by atoms with van der Waals surface area (Å²) < 4.78 is 25.4. The summed E-state index contributed by atoms with van der Waals surface area (Å²) in [6, 6.07) is 8.99. The van der Waals surface area contributed by atoms with E-state index in [1.54, 1.807) is 24.3 Å². The molecule has 2 nitrogen and oxygen atoms in total. The van der Waals surface area contributed by atoms with Crippen molar-refractivity contribution in [3.8, 4) is 0 Å². The van der Waals surface area contributed by atoms with Gasteiger partial charge in [-0.2, -0.15) is 0 Å². The molecule has 0 aromatic heterocycles. The monoisotopic (exact) mass is 222 g/mol. The highest BCUT2D eigenvalue weighted by Gasteiger charge is 2.18. The van der Waals surface area contributed by atoms with Crippen molar-refractivity contribution in [1.82, 2.24) is 0 Å². The van der Waals surface area contributed by atoms with Crippen molar-refractivity contribution in [3.05, 3.63) is 42.0 Å². The SMILES string of the molecule is OB(O)c1ccc(C(F)F)c2ccccc12. The Bertz CT molecular complexity index is 468. The van der Waals surface area contributed by atoms with Gasteiger partial charge in [-0.15, -0.1) is 0 Å². The van der Waals surface area contributed by atoms with Crippen LogP contribution in [0.15, 0.2) is 36.4 Å². The molecule has 0 atom stereocenters. The van der Waals surface area contributed by atoms with E-state index in [0.29, 0.717) is 10.8 Å². The summed E-state index contributed by atoms with van der Waals surface area (Å²) >= 11 is 0. The average Bonchev–Trinajstić information content (AvgIpc) is 2.27. The van der Waals surface area contributed by atoms with E-state index in [-0.39, 0.29) is 11.0 Å². The molecule has 0 saturated heterocycles. The van der Waals surface area contributed by atoms with Gasteiger partial charge in [-0.1, -0.05) is 36.4 Å². The van der Waals surface area contributed by atoms with Gasteiger partial charge in [-0.05, 0) is 16.2 Å². The normalized spacial score (nSPS) is 11.1. The van der Waals surface area contributed by atoms with E-state index in [1.165, 1.54) is 12.1 Å². The number of rotatable bonds is 2. The zero-order valence-corrected chi connectivity index (χ0v) is 8.27. The van der Waals surface area contributed by atoms with Crippen LogP contribution >= 0.6 is 0 Å². The maximum atomic E-state index is 12.7. The largest absolute Gasteiger partial charge is 0.489 e. The Morgan fingerprint density at radius 1 is 0.938 bits per heavy atom. The van der Waals surface area contributed by atoms with E-state index in [2.05, 4.69) is 0 Å². The van der Waals surface area contributed by atoms with Crippen LogP contribution in [0.4, 0.5) is 8.78 Å². The van der Waals surface area contributed by atoms with Crippen molar-refractivity contribution in [2.45, 2.75) is 6.43 Å². The van der Waals surface area contributed by atoms with Crippen molar-refractivity contribution in [2.75, 3.05) is 0 Å². The average molecular weight is 222 g/mol. The van der Waals surface area contributed by atoms with Crippen LogP contribution in [0.2, 0.25) is 0 Å². The molecule has 82 valence electrons. The lowest BCUT2D eigenvalue weighted by Crippen LogP contribution is -2.30. The minimum atomic E-state index is -2.57. The van der Waals surface area contributed by atoms with Gasteiger partial charge < -0.3 is 10.0 Å². The molecular formula is C11H9BF2O2. The molecule has 0 bridgehead atoms. The number of alkyl halides is 2. The molecule has 2 aromatic rings. The van der Waals surface area contributed by atoms with E-state index in [9.17, 15) is 8.78 Å². The molecule has 5 heteroatoms. The molecule has 2 rings (SSSR count). The van der Waals surface area contributed by atoms with Crippen LogP contribution in [0.1, 0.15) is 12.0 Å². The van der Waals surface area contributed by atoms with Crippen LogP contribution in [-0.4, -0.2) is 17.2 Å². The van der Waals surface area contributed by atoms with E-state index in [0.717, 1.165) is 0 Å². The number of hydrogen-bond acceptors (Lipinski definition) is 2. The molecule has 0 aliphatic rings. The summed E-state index contributed by atoms with van der Waals surface area (Å²) in [6.45, 7) is 0. The van der Waals surface area contributed by atoms with Gasteiger partial charge in [0.05, 0.1) is 0 Å². The fourth-order valence-corrected chi connectivity index (χ4v) is 1.76. The number of fused-ring (bicyclic) bond motifs is 1. The summed E-state index contributed by atoms with van der Waals surface area (Å²) in [5.41, 5.74) is 0.139. The van der Waals surface area contributed by atoms with Gasteiger partial charge in [0.2, 0.25) is 0 Å². The Balaban J connectivity index is 2.77. The summed E-state index contributed by atoms with van der Waals surface area (Å²) in [4.78, 5) is 0. The zero-order chi connectivity index (χ0) is 11.7. The van der Waals surface area contributed by atoms with Crippen molar-refractivity contribution in [2.24, 2.45) is 0 Å². The Kier molecular flexibility index (Phi) is 2.89. The van der Waals surface area contributed by atoms with Gasteiger partial charge in [0, 0.05) is 5.56 Å². The molecule has 0 saturated carbocycles. The maximum Gasteiger partial charge on any atom is 0.489 e. The Labute approximate surface area is 91.3 Å². The molecule has 0 radical (unpaired) electrons. The fourth-order valence-electron chi connectivity index (χ4n) is 1.76.